The van der Waals surface area contributed by atoms with E-state index >= 15 is 0 Å². The number of rotatable bonds is 3. The second kappa shape index (κ2) is 5.32. The quantitative estimate of drug-likeness (QED) is 0.863. The summed E-state index contributed by atoms with van der Waals surface area (Å²) in [4.78, 5) is 0. The molecule has 2 aromatic carbocycles. The van der Waals surface area contributed by atoms with Gasteiger partial charge in [-0.15, -0.1) is 0 Å². The number of ether oxygens (including phenoxy) is 2. The Morgan fingerprint density at radius 2 is 1.70 bits per heavy atom. The molecule has 2 rings (SSSR count). The number of anilines is 1. The Morgan fingerprint density at radius 1 is 1.00 bits per heavy atom. The number of nitrogen functional groups attached to an aromatic ring is 1. The fourth-order valence-corrected chi connectivity index (χ4v) is 1.61. The molecule has 0 amide bonds. The Balaban J connectivity index is 2.25. The predicted molar refractivity (Wildman–Crippen MR) is 68.9 cm³/mol. The van der Waals surface area contributed by atoms with Crippen LogP contribution in [0.25, 0.3) is 0 Å². The number of hydrogen-bond acceptors (Lipinski definition) is 3. The lowest BCUT2D eigenvalue weighted by Crippen LogP contribution is -2.05. The van der Waals surface area contributed by atoms with Crippen molar-refractivity contribution in [1.82, 2.24) is 0 Å². The third-order valence-electron chi connectivity index (χ3n) is 2.61. The average molecular weight is 283 g/mol. The summed E-state index contributed by atoms with van der Waals surface area (Å²) in [5.41, 5.74) is 4.69. The van der Waals surface area contributed by atoms with Gasteiger partial charge in [-0.05, 0) is 30.3 Å². The second-order valence-electron chi connectivity index (χ2n) is 4.03. The molecule has 20 heavy (non-hydrogen) atoms. The van der Waals surface area contributed by atoms with Crippen LogP contribution in [0.15, 0.2) is 42.5 Å². The number of nitrogens with two attached hydrogens (primary N) is 1. The van der Waals surface area contributed by atoms with Gasteiger partial charge in [0.2, 0.25) is 0 Å². The molecule has 0 aliphatic carbocycles. The molecule has 0 aromatic heterocycles. The van der Waals surface area contributed by atoms with E-state index in [1.807, 2.05) is 0 Å². The molecule has 6 heteroatoms. The molecular formula is C14H12F3NO2. The average Bonchev–Trinajstić information content (AvgIpc) is 2.40. The van der Waals surface area contributed by atoms with Gasteiger partial charge in [0, 0.05) is 6.07 Å². The molecule has 0 aliphatic rings. The first-order valence-electron chi connectivity index (χ1n) is 5.69. The van der Waals surface area contributed by atoms with Crippen molar-refractivity contribution < 1.29 is 22.6 Å². The molecule has 2 N–H and O–H groups in total. The summed E-state index contributed by atoms with van der Waals surface area (Å²) >= 11 is 0. The van der Waals surface area contributed by atoms with Crippen molar-refractivity contribution in [2.75, 3.05) is 12.8 Å². The molecule has 0 radical (unpaired) electrons. The number of halogens is 3. The number of benzene rings is 2. The van der Waals surface area contributed by atoms with Crippen molar-refractivity contribution in [3.63, 3.8) is 0 Å². The van der Waals surface area contributed by atoms with E-state index in [4.69, 9.17) is 15.2 Å². The molecule has 0 unspecified atom stereocenters. The Labute approximate surface area is 113 Å². The van der Waals surface area contributed by atoms with E-state index in [9.17, 15) is 13.2 Å². The van der Waals surface area contributed by atoms with Crippen LogP contribution in [0.1, 0.15) is 5.56 Å². The van der Waals surface area contributed by atoms with E-state index < -0.39 is 11.7 Å². The van der Waals surface area contributed by atoms with Gasteiger partial charge < -0.3 is 15.2 Å². The molecule has 0 aliphatic heterocycles. The molecular weight excluding hydrogens is 271 g/mol. The lowest BCUT2D eigenvalue weighted by atomic mass is 10.2. The summed E-state index contributed by atoms with van der Waals surface area (Å²) < 4.78 is 48.0. The SMILES string of the molecule is COc1cccc(Oc2ccc(C(F)(F)F)cc2N)c1. The number of hydrogen-bond donors (Lipinski definition) is 1. The van der Waals surface area contributed by atoms with E-state index in [2.05, 4.69) is 0 Å². The lowest BCUT2D eigenvalue weighted by molar-refractivity contribution is -0.137. The second-order valence-corrected chi connectivity index (χ2v) is 4.03. The number of methoxy groups -OCH3 is 1. The van der Waals surface area contributed by atoms with Crippen LogP contribution in [-0.4, -0.2) is 7.11 Å². The fraction of sp³-hybridized carbons (Fsp3) is 0.143. The zero-order valence-corrected chi connectivity index (χ0v) is 10.6. The molecule has 2 aromatic rings. The fourth-order valence-electron chi connectivity index (χ4n) is 1.61. The van der Waals surface area contributed by atoms with Crippen molar-refractivity contribution in [3.8, 4) is 17.2 Å². The molecule has 0 saturated heterocycles. The van der Waals surface area contributed by atoms with E-state index in [1.165, 1.54) is 13.2 Å². The third kappa shape index (κ3) is 3.14. The zero-order chi connectivity index (χ0) is 14.8. The first-order valence-corrected chi connectivity index (χ1v) is 5.69. The van der Waals surface area contributed by atoms with Gasteiger partial charge in [-0.3, -0.25) is 0 Å². The highest BCUT2D eigenvalue weighted by atomic mass is 19.4. The number of alkyl halides is 3. The van der Waals surface area contributed by atoms with Crippen LogP contribution in [0, 0.1) is 0 Å². The molecule has 3 nitrogen and oxygen atoms in total. The minimum atomic E-state index is -4.43. The molecule has 0 atom stereocenters. The Morgan fingerprint density at radius 3 is 2.30 bits per heavy atom. The first-order chi connectivity index (χ1) is 9.40. The summed E-state index contributed by atoms with van der Waals surface area (Å²) in [6, 6.07) is 9.65. The molecule has 0 saturated carbocycles. The molecule has 0 fully saturated rings. The van der Waals surface area contributed by atoms with E-state index in [0.29, 0.717) is 11.5 Å². The van der Waals surface area contributed by atoms with Gasteiger partial charge in [-0.2, -0.15) is 13.2 Å². The summed E-state index contributed by atoms with van der Waals surface area (Å²) in [5.74, 6) is 1.16. The van der Waals surface area contributed by atoms with Crippen molar-refractivity contribution >= 4 is 5.69 Å². The molecule has 0 spiro atoms. The standard InChI is InChI=1S/C14H12F3NO2/c1-19-10-3-2-4-11(8-10)20-13-6-5-9(7-12(13)18)14(15,16)17/h2-8H,18H2,1H3. The van der Waals surface area contributed by atoms with E-state index in [1.54, 1.807) is 24.3 Å². The smallest absolute Gasteiger partial charge is 0.416 e. The highest BCUT2D eigenvalue weighted by Crippen LogP contribution is 2.35. The van der Waals surface area contributed by atoms with Crippen molar-refractivity contribution in [1.29, 1.82) is 0 Å². The monoisotopic (exact) mass is 283 g/mol. The summed E-state index contributed by atoms with van der Waals surface area (Å²) in [6.45, 7) is 0. The topological polar surface area (TPSA) is 44.5 Å². The highest BCUT2D eigenvalue weighted by molar-refractivity contribution is 5.56. The van der Waals surface area contributed by atoms with Crippen LogP contribution in [0.4, 0.5) is 18.9 Å². The third-order valence-corrected chi connectivity index (χ3v) is 2.61. The van der Waals surface area contributed by atoms with Gasteiger partial charge in [0.1, 0.15) is 17.2 Å². The van der Waals surface area contributed by atoms with Crippen molar-refractivity contribution in [3.05, 3.63) is 48.0 Å². The maximum Gasteiger partial charge on any atom is 0.416 e. The van der Waals surface area contributed by atoms with Crippen LogP contribution < -0.4 is 15.2 Å². The van der Waals surface area contributed by atoms with Crippen LogP contribution >= 0.6 is 0 Å². The van der Waals surface area contributed by atoms with Crippen LogP contribution in [0.2, 0.25) is 0 Å². The molecule has 106 valence electrons. The minimum Gasteiger partial charge on any atom is -0.497 e. The van der Waals surface area contributed by atoms with E-state index in [0.717, 1.165) is 12.1 Å². The van der Waals surface area contributed by atoms with Crippen LogP contribution in [0.5, 0.6) is 17.2 Å². The van der Waals surface area contributed by atoms with Gasteiger partial charge in [-0.1, -0.05) is 6.07 Å². The maximum atomic E-state index is 12.5. The summed E-state index contributed by atoms with van der Waals surface area (Å²) in [6.07, 6.45) is -4.43. The van der Waals surface area contributed by atoms with Gasteiger partial charge in [-0.25, -0.2) is 0 Å². The van der Waals surface area contributed by atoms with Gasteiger partial charge in [0.15, 0.2) is 0 Å². The summed E-state index contributed by atoms with van der Waals surface area (Å²) in [7, 11) is 1.51. The van der Waals surface area contributed by atoms with Gasteiger partial charge in [0.05, 0.1) is 18.4 Å². The predicted octanol–water partition coefficient (Wildman–Crippen LogP) is 4.09. The molecule has 0 bridgehead atoms. The Hall–Kier alpha value is -2.37. The van der Waals surface area contributed by atoms with Gasteiger partial charge >= 0.3 is 6.18 Å². The van der Waals surface area contributed by atoms with E-state index in [-0.39, 0.29) is 11.4 Å². The van der Waals surface area contributed by atoms with Crippen LogP contribution in [-0.2, 0) is 6.18 Å². The van der Waals surface area contributed by atoms with Crippen molar-refractivity contribution in [2.45, 2.75) is 6.18 Å². The largest absolute Gasteiger partial charge is 0.497 e. The summed E-state index contributed by atoms with van der Waals surface area (Å²) in [5, 5.41) is 0. The van der Waals surface area contributed by atoms with Gasteiger partial charge in [0.25, 0.3) is 0 Å². The minimum absolute atomic E-state index is 0.0809. The lowest BCUT2D eigenvalue weighted by Gasteiger charge is -2.12. The Kier molecular flexibility index (Phi) is 3.74. The highest BCUT2D eigenvalue weighted by Gasteiger charge is 2.30. The van der Waals surface area contributed by atoms with Crippen LogP contribution in [0.3, 0.4) is 0 Å². The zero-order valence-electron chi connectivity index (χ0n) is 10.6. The Bertz CT molecular complexity index is 612. The van der Waals surface area contributed by atoms with Crippen molar-refractivity contribution in [2.24, 2.45) is 0 Å². The first kappa shape index (κ1) is 14.0. The maximum absolute atomic E-state index is 12.5. The molecule has 0 heterocycles. The normalized spacial score (nSPS) is 11.2.